The van der Waals surface area contributed by atoms with E-state index in [1.807, 2.05) is 6.07 Å². The molecule has 2 N–H and O–H groups in total. The van der Waals surface area contributed by atoms with Gasteiger partial charge in [0.15, 0.2) is 0 Å². The number of benzene rings is 1. The zero-order valence-corrected chi connectivity index (χ0v) is 15.3. The van der Waals surface area contributed by atoms with Crippen LogP contribution in [0, 0.1) is 0 Å². The number of alkyl halides is 1. The first-order valence-electron chi connectivity index (χ1n) is 6.77. The molecule has 0 aliphatic heterocycles. The summed E-state index contributed by atoms with van der Waals surface area (Å²) in [4.78, 5) is 23.4. The fourth-order valence-electron chi connectivity index (χ4n) is 1.62. The normalized spacial score (nSPS) is 11.8. The summed E-state index contributed by atoms with van der Waals surface area (Å²) in [5.74, 6) is -0.474. The van der Waals surface area contributed by atoms with Gasteiger partial charge in [-0.1, -0.05) is 33.3 Å². The third kappa shape index (κ3) is 5.56. The number of hydrogen-bond donors (Lipinski definition) is 2. The molecule has 0 bridgehead atoms. The van der Waals surface area contributed by atoms with Crippen LogP contribution in [0.2, 0.25) is 0 Å². The van der Waals surface area contributed by atoms with Crippen LogP contribution >= 0.6 is 38.9 Å². The molecular formula is C14H14BrClN4O2S. The van der Waals surface area contributed by atoms with E-state index < -0.39 is 5.38 Å². The second-order valence-corrected chi connectivity index (χ2v) is 7.25. The van der Waals surface area contributed by atoms with Gasteiger partial charge in [-0.3, -0.25) is 14.9 Å². The minimum Gasteiger partial charge on any atom is -0.352 e. The summed E-state index contributed by atoms with van der Waals surface area (Å²) >= 11 is 10.3. The number of nitrogens with one attached hydrogen (secondary N) is 2. The van der Waals surface area contributed by atoms with E-state index in [1.54, 1.807) is 25.1 Å². The Morgan fingerprint density at radius 2 is 2.17 bits per heavy atom. The van der Waals surface area contributed by atoms with E-state index in [0.717, 1.165) is 9.48 Å². The molecule has 0 saturated carbocycles. The average molecular weight is 418 g/mol. The minimum atomic E-state index is -0.633. The Labute approximate surface area is 150 Å². The van der Waals surface area contributed by atoms with Crippen LogP contribution < -0.4 is 10.6 Å². The second kappa shape index (κ2) is 8.37. The molecule has 0 aliphatic rings. The summed E-state index contributed by atoms with van der Waals surface area (Å²) in [6, 6.07) is 7.15. The molecule has 1 atom stereocenters. The van der Waals surface area contributed by atoms with Crippen molar-refractivity contribution in [2.45, 2.75) is 18.7 Å². The molecule has 0 saturated heterocycles. The van der Waals surface area contributed by atoms with Crippen LogP contribution in [0.5, 0.6) is 0 Å². The first-order chi connectivity index (χ1) is 11.0. The minimum absolute atomic E-state index is 0.152. The Morgan fingerprint density at radius 1 is 1.39 bits per heavy atom. The van der Waals surface area contributed by atoms with Crippen molar-refractivity contribution in [2.75, 3.05) is 11.9 Å². The van der Waals surface area contributed by atoms with Gasteiger partial charge in [0.1, 0.15) is 10.4 Å². The highest BCUT2D eigenvalue weighted by Gasteiger charge is 2.12. The molecule has 0 fully saturated rings. The van der Waals surface area contributed by atoms with Gasteiger partial charge in [-0.05, 0) is 25.1 Å². The molecule has 0 spiro atoms. The van der Waals surface area contributed by atoms with E-state index in [2.05, 4.69) is 36.8 Å². The molecule has 122 valence electrons. The molecule has 2 aromatic rings. The Balaban J connectivity index is 1.81. The van der Waals surface area contributed by atoms with E-state index in [1.165, 1.54) is 11.3 Å². The smallest absolute Gasteiger partial charge is 0.251 e. The largest absolute Gasteiger partial charge is 0.352 e. The number of hydrogen-bond acceptors (Lipinski definition) is 5. The first-order valence-corrected chi connectivity index (χ1v) is 8.81. The van der Waals surface area contributed by atoms with Crippen molar-refractivity contribution in [1.29, 1.82) is 0 Å². The molecule has 1 unspecified atom stereocenters. The van der Waals surface area contributed by atoms with Gasteiger partial charge in [0, 0.05) is 23.0 Å². The van der Waals surface area contributed by atoms with Crippen molar-refractivity contribution < 1.29 is 9.59 Å². The summed E-state index contributed by atoms with van der Waals surface area (Å²) < 4.78 is 0.850. The second-order valence-electron chi connectivity index (χ2n) is 4.62. The van der Waals surface area contributed by atoms with Gasteiger partial charge in [0.05, 0.1) is 0 Å². The molecular weight excluding hydrogens is 404 g/mol. The molecule has 1 heterocycles. The van der Waals surface area contributed by atoms with Crippen molar-refractivity contribution in [3.63, 3.8) is 0 Å². The monoisotopic (exact) mass is 416 g/mol. The Hall–Kier alpha value is -1.51. The van der Waals surface area contributed by atoms with Crippen molar-refractivity contribution in [3.8, 4) is 0 Å². The number of rotatable bonds is 6. The van der Waals surface area contributed by atoms with Gasteiger partial charge in [0.25, 0.3) is 5.91 Å². The Bertz CT molecular complexity index is 708. The average Bonchev–Trinajstić information content (AvgIpc) is 2.94. The number of halogens is 2. The number of anilines is 1. The van der Waals surface area contributed by atoms with Gasteiger partial charge < -0.3 is 5.32 Å². The molecule has 2 amide bonds. The molecule has 1 aromatic heterocycles. The summed E-state index contributed by atoms with van der Waals surface area (Å²) in [5, 5.41) is 13.7. The van der Waals surface area contributed by atoms with E-state index in [-0.39, 0.29) is 11.8 Å². The molecule has 1 aromatic carbocycles. The van der Waals surface area contributed by atoms with Gasteiger partial charge in [-0.25, -0.2) is 0 Å². The van der Waals surface area contributed by atoms with Crippen LogP contribution in [0.1, 0.15) is 22.3 Å². The molecule has 23 heavy (non-hydrogen) atoms. The van der Waals surface area contributed by atoms with Crippen molar-refractivity contribution >= 4 is 55.8 Å². The summed E-state index contributed by atoms with van der Waals surface area (Å²) in [6.07, 6.45) is 0.531. The zero-order valence-electron chi connectivity index (χ0n) is 12.2. The maximum absolute atomic E-state index is 12.0. The maximum Gasteiger partial charge on any atom is 0.251 e. The molecule has 6 nitrogen and oxygen atoms in total. The lowest BCUT2D eigenvalue weighted by Crippen LogP contribution is -2.25. The van der Waals surface area contributed by atoms with Crippen LogP contribution in [0.4, 0.5) is 5.13 Å². The number of carbonyl (C=O) groups is 2. The van der Waals surface area contributed by atoms with Gasteiger partial charge in [-0.15, -0.1) is 21.8 Å². The standard InChI is InChI=1S/C14H14BrClN4O2S/c1-8(16)12(21)18-14-20-19-11(23-14)5-6-17-13(22)9-3-2-4-10(15)7-9/h2-4,7-8H,5-6H2,1H3,(H,17,22)(H,18,20,21). The fourth-order valence-corrected chi connectivity index (χ4v) is 2.82. The van der Waals surface area contributed by atoms with E-state index in [4.69, 9.17) is 11.6 Å². The number of amides is 2. The van der Waals surface area contributed by atoms with Crippen LogP contribution in [-0.4, -0.2) is 33.9 Å². The lowest BCUT2D eigenvalue weighted by atomic mass is 10.2. The predicted octanol–water partition coefficient (Wildman–Crippen LogP) is 2.84. The summed E-state index contributed by atoms with van der Waals surface area (Å²) in [5.41, 5.74) is 0.584. The Kier molecular flexibility index (Phi) is 6.49. The van der Waals surface area contributed by atoms with Crippen molar-refractivity contribution in [2.24, 2.45) is 0 Å². The number of nitrogens with zero attached hydrogens (tertiary/aromatic N) is 2. The summed E-state index contributed by atoms with van der Waals surface area (Å²) in [6.45, 7) is 2.01. The highest BCUT2D eigenvalue weighted by molar-refractivity contribution is 9.10. The third-order valence-corrected chi connectivity index (χ3v) is 4.36. The van der Waals surface area contributed by atoms with Crippen LogP contribution in [0.15, 0.2) is 28.7 Å². The van der Waals surface area contributed by atoms with E-state index in [0.29, 0.717) is 23.7 Å². The highest BCUT2D eigenvalue weighted by atomic mass is 79.9. The van der Waals surface area contributed by atoms with Gasteiger partial charge >= 0.3 is 0 Å². The third-order valence-electron chi connectivity index (χ3n) is 2.77. The topological polar surface area (TPSA) is 84.0 Å². The molecule has 0 radical (unpaired) electrons. The zero-order chi connectivity index (χ0) is 16.8. The molecule has 0 aliphatic carbocycles. The maximum atomic E-state index is 12.0. The summed E-state index contributed by atoms with van der Waals surface area (Å²) in [7, 11) is 0. The van der Waals surface area contributed by atoms with Crippen molar-refractivity contribution in [1.82, 2.24) is 15.5 Å². The lowest BCUT2D eigenvalue weighted by molar-refractivity contribution is -0.115. The first kappa shape index (κ1) is 17.8. The predicted molar refractivity (Wildman–Crippen MR) is 94.0 cm³/mol. The molecule has 2 rings (SSSR count). The molecule has 9 heteroatoms. The number of aromatic nitrogens is 2. The Morgan fingerprint density at radius 3 is 2.87 bits per heavy atom. The van der Waals surface area contributed by atoms with Gasteiger partial charge in [0.2, 0.25) is 11.0 Å². The highest BCUT2D eigenvalue weighted by Crippen LogP contribution is 2.16. The van der Waals surface area contributed by atoms with Crippen LogP contribution in [0.25, 0.3) is 0 Å². The quantitative estimate of drug-likeness (QED) is 0.708. The van der Waals surface area contributed by atoms with E-state index in [9.17, 15) is 9.59 Å². The van der Waals surface area contributed by atoms with E-state index >= 15 is 0 Å². The van der Waals surface area contributed by atoms with Crippen LogP contribution in [0.3, 0.4) is 0 Å². The lowest BCUT2D eigenvalue weighted by Gasteiger charge is -2.04. The number of carbonyl (C=O) groups excluding carboxylic acids is 2. The van der Waals surface area contributed by atoms with Gasteiger partial charge in [-0.2, -0.15) is 0 Å². The SMILES string of the molecule is CC(Cl)C(=O)Nc1nnc(CCNC(=O)c2cccc(Br)c2)s1. The van der Waals surface area contributed by atoms with Crippen molar-refractivity contribution in [3.05, 3.63) is 39.3 Å². The fraction of sp³-hybridized carbons (Fsp3) is 0.286. The van der Waals surface area contributed by atoms with Crippen LogP contribution in [-0.2, 0) is 11.2 Å².